The third-order valence-electron chi connectivity index (χ3n) is 5.10. The molecule has 1 aromatic carbocycles. The van der Waals surface area contributed by atoms with Crippen LogP contribution in [0.2, 0.25) is 0 Å². The molecule has 8 heteroatoms. The zero-order valence-electron chi connectivity index (χ0n) is 17.8. The summed E-state index contributed by atoms with van der Waals surface area (Å²) in [6, 6.07) is 8.20. The van der Waals surface area contributed by atoms with E-state index in [0.717, 1.165) is 43.3 Å². The van der Waals surface area contributed by atoms with Crippen molar-refractivity contribution in [3.63, 3.8) is 0 Å². The first-order chi connectivity index (χ1) is 13.6. The molecule has 1 saturated heterocycles. The summed E-state index contributed by atoms with van der Waals surface area (Å²) in [5, 5.41) is 7.82. The van der Waals surface area contributed by atoms with E-state index < -0.39 is 0 Å². The highest BCUT2D eigenvalue weighted by molar-refractivity contribution is 14.0. The molecule has 1 aliphatic heterocycles. The minimum absolute atomic E-state index is 0. The number of hydrogen-bond donors (Lipinski definition) is 1. The molecule has 1 aromatic heterocycles. The van der Waals surface area contributed by atoms with Crippen LogP contribution in [0.3, 0.4) is 0 Å². The van der Waals surface area contributed by atoms with E-state index in [9.17, 15) is 0 Å². The van der Waals surface area contributed by atoms with Crippen LogP contribution >= 0.6 is 24.0 Å². The summed E-state index contributed by atoms with van der Waals surface area (Å²) in [6.45, 7) is 4.23. The van der Waals surface area contributed by atoms with Gasteiger partial charge in [-0.15, -0.1) is 24.0 Å². The standard InChI is InChI=1S/C21H32N6O.HI/c1-22-21(27-10-9-18(16-27)19-14-24-26(4)15-19)23-13-17-7-5-6-8-20(17)28-12-11-25(2)3;/h5-8,14-15,18H,9-13,16H2,1-4H3,(H,22,23);1H. The van der Waals surface area contributed by atoms with Crippen LogP contribution in [0.15, 0.2) is 41.7 Å². The van der Waals surface area contributed by atoms with E-state index in [-0.39, 0.29) is 24.0 Å². The number of benzene rings is 1. The molecule has 160 valence electrons. The molecule has 2 heterocycles. The fraction of sp³-hybridized carbons (Fsp3) is 0.524. The number of nitrogens with one attached hydrogen (secondary N) is 1. The topological polar surface area (TPSA) is 57.9 Å². The van der Waals surface area contributed by atoms with Crippen LogP contribution in [0.25, 0.3) is 0 Å². The monoisotopic (exact) mass is 512 g/mol. The summed E-state index contributed by atoms with van der Waals surface area (Å²) in [4.78, 5) is 8.94. The highest BCUT2D eigenvalue weighted by Crippen LogP contribution is 2.26. The average molecular weight is 512 g/mol. The highest BCUT2D eigenvalue weighted by Gasteiger charge is 2.26. The molecule has 7 nitrogen and oxygen atoms in total. The Balaban J connectivity index is 0.00000300. The first-order valence-electron chi connectivity index (χ1n) is 9.86. The molecule has 1 fully saturated rings. The Labute approximate surface area is 191 Å². The SMILES string of the molecule is CN=C(NCc1ccccc1OCCN(C)C)N1CCC(c2cnn(C)c2)C1.I. The lowest BCUT2D eigenvalue weighted by Gasteiger charge is -2.22. The first kappa shape index (κ1) is 23.5. The molecule has 0 saturated carbocycles. The van der Waals surface area contributed by atoms with Crippen molar-refractivity contribution in [2.45, 2.75) is 18.9 Å². The van der Waals surface area contributed by atoms with Crippen LogP contribution in [-0.2, 0) is 13.6 Å². The minimum atomic E-state index is 0. The number of para-hydroxylation sites is 1. The second-order valence-electron chi connectivity index (χ2n) is 7.54. The van der Waals surface area contributed by atoms with Gasteiger partial charge in [0.2, 0.25) is 0 Å². The molecule has 1 aliphatic rings. The van der Waals surface area contributed by atoms with Gasteiger partial charge in [0.1, 0.15) is 12.4 Å². The third-order valence-corrected chi connectivity index (χ3v) is 5.10. The summed E-state index contributed by atoms with van der Waals surface area (Å²) in [5.41, 5.74) is 2.45. The Hall–Kier alpha value is -1.81. The number of guanidine groups is 1. The third kappa shape index (κ3) is 6.60. The van der Waals surface area contributed by atoms with Gasteiger partial charge in [-0.2, -0.15) is 5.10 Å². The zero-order chi connectivity index (χ0) is 19.9. The Kier molecular flexibility index (Phi) is 9.22. The molecule has 0 amide bonds. The van der Waals surface area contributed by atoms with E-state index >= 15 is 0 Å². The number of ether oxygens (including phenoxy) is 1. The lowest BCUT2D eigenvalue weighted by atomic mass is 10.0. The number of aryl methyl sites for hydroxylation is 1. The van der Waals surface area contributed by atoms with E-state index in [1.807, 2.05) is 43.2 Å². The molecule has 0 bridgehead atoms. The summed E-state index contributed by atoms with van der Waals surface area (Å²) < 4.78 is 7.85. The molecular weight excluding hydrogens is 479 g/mol. The van der Waals surface area contributed by atoms with Gasteiger partial charge in [-0.25, -0.2) is 0 Å². The smallest absolute Gasteiger partial charge is 0.193 e. The predicted octanol–water partition coefficient (Wildman–Crippen LogP) is 2.54. The minimum Gasteiger partial charge on any atom is -0.492 e. The molecule has 0 spiro atoms. The Morgan fingerprint density at radius 1 is 1.34 bits per heavy atom. The fourth-order valence-corrected chi connectivity index (χ4v) is 3.51. The lowest BCUT2D eigenvalue weighted by Crippen LogP contribution is -2.39. The van der Waals surface area contributed by atoms with Crippen molar-refractivity contribution < 1.29 is 4.74 Å². The van der Waals surface area contributed by atoms with Crippen LogP contribution in [0.4, 0.5) is 0 Å². The predicted molar refractivity (Wildman–Crippen MR) is 128 cm³/mol. The number of aromatic nitrogens is 2. The van der Waals surface area contributed by atoms with Crippen molar-refractivity contribution in [1.82, 2.24) is 24.9 Å². The Morgan fingerprint density at radius 2 is 2.14 bits per heavy atom. The maximum absolute atomic E-state index is 5.97. The molecular formula is C21H33IN6O. The van der Waals surface area contributed by atoms with Crippen molar-refractivity contribution in [1.29, 1.82) is 0 Å². The number of likely N-dealkylation sites (tertiary alicyclic amines) is 1. The highest BCUT2D eigenvalue weighted by atomic mass is 127. The van der Waals surface area contributed by atoms with E-state index in [4.69, 9.17) is 4.74 Å². The van der Waals surface area contributed by atoms with Crippen LogP contribution in [-0.4, -0.2) is 72.9 Å². The van der Waals surface area contributed by atoms with Crippen molar-refractivity contribution in [3.8, 4) is 5.75 Å². The maximum Gasteiger partial charge on any atom is 0.193 e. The number of aliphatic imine (C=N–C) groups is 1. The first-order valence-corrected chi connectivity index (χ1v) is 9.86. The van der Waals surface area contributed by atoms with Crippen LogP contribution in [0, 0.1) is 0 Å². The van der Waals surface area contributed by atoms with Crippen LogP contribution < -0.4 is 10.1 Å². The largest absolute Gasteiger partial charge is 0.492 e. The van der Waals surface area contributed by atoms with E-state index in [1.54, 1.807) is 0 Å². The van der Waals surface area contributed by atoms with Gasteiger partial charge in [-0.3, -0.25) is 9.67 Å². The van der Waals surface area contributed by atoms with Crippen molar-refractivity contribution in [3.05, 3.63) is 47.8 Å². The van der Waals surface area contributed by atoms with Crippen molar-refractivity contribution in [2.24, 2.45) is 12.0 Å². The maximum atomic E-state index is 5.97. The van der Waals surface area contributed by atoms with Gasteiger partial charge in [0.15, 0.2) is 5.96 Å². The molecule has 29 heavy (non-hydrogen) atoms. The average Bonchev–Trinajstić information content (AvgIpc) is 3.32. The summed E-state index contributed by atoms with van der Waals surface area (Å²) >= 11 is 0. The summed E-state index contributed by atoms with van der Waals surface area (Å²) in [5.74, 6) is 2.38. The Morgan fingerprint density at radius 3 is 2.83 bits per heavy atom. The number of likely N-dealkylation sites (N-methyl/N-ethyl adjacent to an activating group) is 1. The van der Waals surface area contributed by atoms with Crippen LogP contribution in [0.1, 0.15) is 23.5 Å². The van der Waals surface area contributed by atoms with Gasteiger partial charge >= 0.3 is 0 Å². The number of hydrogen-bond acceptors (Lipinski definition) is 4. The van der Waals surface area contributed by atoms with E-state index in [1.165, 1.54) is 5.56 Å². The van der Waals surface area contributed by atoms with Gasteiger partial charge in [0.05, 0.1) is 6.20 Å². The van der Waals surface area contributed by atoms with Gasteiger partial charge in [-0.05, 0) is 32.1 Å². The van der Waals surface area contributed by atoms with Gasteiger partial charge in [0.25, 0.3) is 0 Å². The van der Waals surface area contributed by atoms with Gasteiger partial charge < -0.3 is 19.9 Å². The summed E-state index contributed by atoms with van der Waals surface area (Å²) in [7, 11) is 7.92. The molecule has 2 aromatic rings. The molecule has 3 rings (SSSR count). The second kappa shape index (κ2) is 11.4. The quantitative estimate of drug-likeness (QED) is 0.351. The number of rotatable bonds is 7. The van der Waals surface area contributed by atoms with Gasteiger partial charge in [-0.1, -0.05) is 18.2 Å². The lowest BCUT2D eigenvalue weighted by molar-refractivity contribution is 0.259. The fourth-order valence-electron chi connectivity index (χ4n) is 3.51. The number of halogens is 1. The molecule has 1 atom stereocenters. The zero-order valence-corrected chi connectivity index (χ0v) is 20.2. The molecule has 0 aliphatic carbocycles. The van der Waals surface area contributed by atoms with E-state index in [0.29, 0.717) is 19.1 Å². The van der Waals surface area contributed by atoms with Crippen molar-refractivity contribution >= 4 is 29.9 Å². The van der Waals surface area contributed by atoms with Crippen LogP contribution in [0.5, 0.6) is 5.75 Å². The van der Waals surface area contributed by atoms with Crippen molar-refractivity contribution in [2.75, 3.05) is 47.4 Å². The Bertz CT molecular complexity index is 791. The van der Waals surface area contributed by atoms with E-state index in [2.05, 4.69) is 51.6 Å². The molecule has 0 radical (unpaired) electrons. The second-order valence-corrected chi connectivity index (χ2v) is 7.54. The van der Waals surface area contributed by atoms with Gasteiger partial charge in [0, 0.05) is 58.0 Å². The molecule has 1 N–H and O–H groups in total. The summed E-state index contributed by atoms with van der Waals surface area (Å²) in [6.07, 6.45) is 5.22. The number of nitrogens with zero attached hydrogens (tertiary/aromatic N) is 5. The molecule has 1 unspecified atom stereocenters. The normalized spacial score (nSPS) is 16.8.